The minimum Gasteiger partial charge on any atom is -0.478 e. The van der Waals surface area contributed by atoms with Crippen molar-refractivity contribution < 1.29 is 23.1 Å². The second-order valence-electron chi connectivity index (χ2n) is 8.28. The van der Waals surface area contributed by atoms with Gasteiger partial charge >= 0.3 is 12.1 Å². The Hall–Kier alpha value is -3.24. The minimum absolute atomic E-state index is 0.271. The van der Waals surface area contributed by atoms with Gasteiger partial charge in [0, 0.05) is 54.3 Å². The number of hydrogen-bond donors (Lipinski definition) is 4. The van der Waals surface area contributed by atoms with E-state index in [0.29, 0.717) is 55.1 Å². The van der Waals surface area contributed by atoms with E-state index < -0.39 is 23.3 Å². The number of nitrogens with two attached hydrogens (primary N) is 1. The van der Waals surface area contributed by atoms with Crippen molar-refractivity contribution >= 4 is 5.97 Å². The number of aromatic nitrogens is 3. The highest BCUT2D eigenvalue weighted by Crippen LogP contribution is 2.41. The van der Waals surface area contributed by atoms with Gasteiger partial charge in [0.15, 0.2) is 0 Å². The zero-order valence-electron chi connectivity index (χ0n) is 16.9. The van der Waals surface area contributed by atoms with Crippen molar-refractivity contribution in [3.63, 3.8) is 0 Å². The van der Waals surface area contributed by atoms with E-state index in [1.165, 1.54) is 6.07 Å². The van der Waals surface area contributed by atoms with Crippen LogP contribution in [0.25, 0.3) is 22.5 Å². The normalized spacial score (nSPS) is 16.8. The number of halogens is 3. The number of aromatic amines is 1. The van der Waals surface area contributed by atoms with E-state index in [1.54, 1.807) is 12.3 Å². The number of carboxylic acid groups (broad SMARTS) is 1. The number of aromatic carboxylic acids is 1. The highest BCUT2D eigenvalue weighted by Gasteiger charge is 2.43. The van der Waals surface area contributed by atoms with Gasteiger partial charge in [-0.3, -0.25) is 9.97 Å². The topological polar surface area (TPSA) is 117 Å². The molecule has 5 N–H and O–H groups in total. The van der Waals surface area contributed by atoms with Gasteiger partial charge in [0.1, 0.15) is 5.69 Å². The van der Waals surface area contributed by atoms with Gasteiger partial charge < -0.3 is 21.1 Å². The van der Waals surface area contributed by atoms with Crippen molar-refractivity contribution in [3.05, 3.63) is 58.7 Å². The van der Waals surface area contributed by atoms with Crippen molar-refractivity contribution in [1.29, 1.82) is 0 Å². The Labute approximate surface area is 180 Å². The SMILES string of the molecule is NCC1(c2[nH]c3c(c2C(=O)O)CCc2cnc(-c4ccc(C(F)(F)F)nc4)cc2-3)CNC1. The van der Waals surface area contributed by atoms with E-state index in [2.05, 4.69) is 20.3 Å². The first-order valence-corrected chi connectivity index (χ1v) is 10.2. The Bertz CT molecular complexity index is 1210. The van der Waals surface area contributed by atoms with Gasteiger partial charge in [0.05, 0.1) is 17.0 Å². The molecule has 32 heavy (non-hydrogen) atoms. The first-order chi connectivity index (χ1) is 15.2. The molecule has 0 radical (unpaired) electrons. The van der Waals surface area contributed by atoms with Gasteiger partial charge in [0.2, 0.25) is 0 Å². The van der Waals surface area contributed by atoms with Gasteiger partial charge in [-0.15, -0.1) is 0 Å². The number of nitrogens with zero attached hydrogens (tertiary/aromatic N) is 2. The molecule has 1 saturated heterocycles. The Balaban J connectivity index is 1.61. The van der Waals surface area contributed by atoms with Crippen LogP contribution in [0.1, 0.15) is 32.9 Å². The lowest BCUT2D eigenvalue weighted by Crippen LogP contribution is -2.61. The third-order valence-corrected chi connectivity index (χ3v) is 6.42. The molecule has 0 atom stereocenters. The van der Waals surface area contributed by atoms with Crippen molar-refractivity contribution in [2.24, 2.45) is 5.73 Å². The van der Waals surface area contributed by atoms with E-state index in [9.17, 15) is 23.1 Å². The number of pyridine rings is 2. The molecule has 3 aromatic heterocycles. The maximum atomic E-state index is 12.8. The highest BCUT2D eigenvalue weighted by molar-refractivity contribution is 5.95. The van der Waals surface area contributed by atoms with E-state index >= 15 is 0 Å². The smallest absolute Gasteiger partial charge is 0.433 e. The summed E-state index contributed by atoms with van der Waals surface area (Å²) in [6.45, 7) is 1.50. The number of hydrogen-bond acceptors (Lipinski definition) is 5. The van der Waals surface area contributed by atoms with Crippen molar-refractivity contribution in [1.82, 2.24) is 20.3 Å². The molecule has 1 aliphatic heterocycles. The summed E-state index contributed by atoms with van der Waals surface area (Å²) in [5.41, 5.74) is 9.56. The Morgan fingerprint density at radius 2 is 1.97 bits per heavy atom. The molecule has 0 bridgehead atoms. The summed E-state index contributed by atoms with van der Waals surface area (Å²) in [7, 11) is 0. The number of carboxylic acids is 1. The van der Waals surface area contributed by atoms with Crippen LogP contribution in [0, 0.1) is 0 Å². The van der Waals surface area contributed by atoms with Gasteiger partial charge in [-0.05, 0) is 42.2 Å². The number of alkyl halides is 3. The fourth-order valence-corrected chi connectivity index (χ4v) is 4.55. The minimum atomic E-state index is -4.51. The number of fused-ring (bicyclic) bond motifs is 3. The van der Waals surface area contributed by atoms with Crippen molar-refractivity contribution in [2.75, 3.05) is 19.6 Å². The third-order valence-electron chi connectivity index (χ3n) is 6.42. The lowest BCUT2D eigenvalue weighted by Gasteiger charge is -2.41. The van der Waals surface area contributed by atoms with E-state index in [4.69, 9.17) is 5.73 Å². The average Bonchev–Trinajstić information content (AvgIpc) is 3.13. The second-order valence-corrected chi connectivity index (χ2v) is 8.28. The van der Waals surface area contributed by atoms with Crippen LogP contribution in [-0.4, -0.2) is 45.7 Å². The lowest BCUT2D eigenvalue weighted by atomic mass is 9.76. The van der Waals surface area contributed by atoms with Gasteiger partial charge in [-0.2, -0.15) is 13.2 Å². The number of nitrogens with one attached hydrogen (secondary N) is 2. The second kappa shape index (κ2) is 7.14. The lowest BCUT2D eigenvalue weighted by molar-refractivity contribution is -0.141. The average molecular weight is 443 g/mol. The van der Waals surface area contributed by atoms with Crippen LogP contribution in [0.5, 0.6) is 0 Å². The molecule has 3 aromatic rings. The highest BCUT2D eigenvalue weighted by atomic mass is 19.4. The Morgan fingerprint density at radius 1 is 1.19 bits per heavy atom. The summed E-state index contributed by atoms with van der Waals surface area (Å²) in [6.07, 6.45) is -0.507. The van der Waals surface area contributed by atoms with E-state index in [0.717, 1.165) is 29.0 Å². The molecular weight excluding hydrogens is 423 g/mol. The van der Waals surface area contributed by atoms with Crippen LogP contribution < -0.4 is 11.1 Å². The van der Waals surface area contributed by atoms with Crippen LogP contribution in [0.2, 0.25) is 0 Å². The molecule has 7 nitrogen and oxygen atoms in total. The summed E-state index contributed by atoms with van der Waals surface area (Å²) in [5, 5.41) is 13.1. The Morgan fingerprint density at radius 3 is 2.53 bits per heavy atom. The Kier molecular flexibility index (Phi) is 4.61. The first kappa shape index (κ1) is 20.7. The number of rotatable bonds is 4. The molecule has 0 saturated carbocycles. The molecule has 166 valence electrons. The molecule has 0 spiro atoms. The van der Waals surface area contributed by atoms with Crippen LogP contribution in [0.15, 0.2) is 30.6 Å². The van der Waals surface area contributed by atoms with E-state index in [-0.39, 0.29) is 5.56 Å². The predicted octanol–water partition coefficient (Wildman–Crippen LogP) is 2.75. The number of carbonyl (C=O) groups is 1. The quantitative estimate of drug-likeness (QED) is 0.493. The zero-order valence-corrected chi connectivity index (χ0v) is 16.9. The maximum Gasteiger partial charge on any atom is 0.433 e. The molecule has 0 amide bonds. The molecule has 1 fully saturated rings. The monoisotopic (exact) mass is 443 g/mol. The van der Waals surface area contributed by atoms with Gasteiger partial charge in [-0.1, -0.05) is 0 Å². The van der Waals surface area contributed by atoms with Crippen molar-refractivity contribution in [2.45, 2.75) is 24.4 Å². The predicted molar refractivity (Wildman–Crippen MR) is 110 cm³/mol. The summed E-state index contributed by atoms with van der Waals surface area (Å²) in [6, 6.07) is 4.03. The summed E-state index contributed by atoms with van der Waals surface area (Å²) >= 11 is 0. The fraction of sp³-hybridized carbons (Fsp3) is 0.318. The molecule has 1 aliphatic carbocycles. The summed E-state index contributed by atoms with van der Waals surface area (Å²) < 4.78 is 38.5. The van der Waals surface area contributed by atoms with Crippen LogP contribution in [0.3, 0.4) is 0 Å². The van der Waals surface area contributed by atoms with Crippen LogP contribution >= 0.6 is 0 Å². The molecular formula is C22H20F3N5O2. The molecule has 4 heterocycles. The first-order valence-electron chi connectivity index (χ1n) is 10.2. The molecule has 0 unspecified atom stereocenters. The van der Waals surface area contributed by atoms with Gasteiger partial charge in [0.25, 0.3) is 0 Å². The number of H-pyrrole nitrogens is 1. The largest absolute Gasteiger partial charge is 0.478 e. The van der Waals surface area contributed by atoms with Crippen LogP contribution in [0.4, 0.5) is 13.2 Å². The summed E-state index contributed by atoms with van der Waals surface area (Å²) in [4.78, 5) is 23.4. The van der Waals surface area contributed by atoms with Crippen molar-refractivity contribution in [3.8, 4) is 22.5 Å². The standard InChI is InChI=1S/C22H20F3N5O2/c23-22(24,25)16-4-2-12(7-29-16)15-5-14-11(6-28-15)1-3-13-17(20(31)32)19(30-18(13)14)21(8-26)9-27-10-21/h2,4-7,27,30H,1,3,8-10,26H2,(H,31,32). The maximum absolute atomic E-state index is 12.8. The molecule has 2 aliphatic rings. The zero-order chi connectivity index (χ0) is 22.7. The molecule has 10 heteroatoms. The fourth-order valence-electron chi connectivity index (χ4n) is 4.55. The third kappa shape index (κ3) is 3.09. The van der Waals surface area contributed by atoms with Gasteiger partial charge in [-0.25, -0.2) is 4.79 Å². The molecule has 5 rings (SSSR count). The van der Waals surface area contributed by atoms with E-state index in [1.807, 2.05) is 0 Å². The van der Waals surface area contributed by atoms with Crippen LogP contribution in [-0.2, 0) is 24.4 Å². The number of aryl methyl sites for hydroxylation is 1. The molecule has 0 aromatic carbocycles. The summed E-state index contributed by atoms with van der Waals surface area (Å²) in [5.74, 6) is -0.998.